The van der Waals surface area contributed by atoms with Crippen LogP contribution in [0.4, 0.5) is 0 Å². The fraction of sp³-hybridized carbons (Fsp3) is 1.00. The van der Waals surface area contributed by atoms with Gasteiger partial charge in [0.05, 0.1) is 19.8 Å². The van der Waals surface area contributed by atoms with Crippen LogP contribution in [0, 0.1) is 0 Å². The molecule has 0 saturated heterocycles. The minimum atomic E-state index is -0.908. The zero-order chi connectivity index (χ0) is 13.7. The van der Waals surface area contributed by atoms with Crippen molar-refractivity contribution in [3.63, 3.8) is 0 Å². The van der Waals surface area contributed by atoms with Crippen LogP contribution in [-0.2, 0) is 14.2 Å². The molecule has 0 atom stereocenters. The monoisotopic (exact) mass is 314 g/mol. The van der Waals surface area contributed by atoms with Crippen LogP contribution in [0.3, 0.4) is 0 Å². The van der Waals surface area contributed by atoms with Gasteiger partial charge in [0.15, 0.2) is 0 Å². The van der Waals surface area contributed by atoms with E-state index in [0.717, 1.165) is 36.5 Å². The fourth-order valence-corrected chi connectivity index (χ4v) is 1.70. The minimum Gasteiger partial charge on any atom is -0.327 e. The Balaban J connectivity index is 4.20. The molecular formula is C12H26O3S3. The van der Waals surface area contributed by atoms with Crippen LogP contribution in [-0.4, -0.2) is 43.1 Å². The summed E-state index contributed by atoms with van der Waals surface area (Å²) < 4.78 is 17.3. The first kappa shape index (κ1) is 18.9. The average Bonchev–Trinajstić information content (AvgIpc) is 2.39. The maximum Gasteiger partial charge on any atom is 0.282 e. The van der Waals surface area contributed by atoms with Crippen molar-refractivity contribution in [3.8, 4) is 0 Å². The molecule has 0 aromatic heterocycles. The molecule has 0 aliphatic heterocycles. The van der Waals surface area contributed by atoms with Crippen molar-refractivity contribution in [2.75, 3.05) is 37.1 Å². The van der Waals surface area contributed by atoms with Crippen molar-refractivity contribution in [2.24, 2.45) is 0 Å². The maximum absolute atomic E-state index is 5.77. The summed E-state index contributed by atoms with van der Waals surface area (Å²) in [5.74, 6) is 1.49. The third-order valence-corrected chi connectivity index (χ3v) is 3.25. The summed E-state index contributed by atoms with van der Waals surface area (Å²) >= 11 is 12.5. The Morgan fingerprint density at radius 1 is 0.722 bits per heavy atom. The summed E-state index contributed by atoms with van der Waals surface area (Å²) in [6.45, 7) is 3.79. The molecule has 0 rings (SSSR count). The average molecular weight is 315 g/mol. The predicted octanol–water partition coefficient (Wildman–Crippen LogP) is 3.06. The van der Waals surface area contributed by atoms with Crippen molar-refractivity contribution >= 4 is 37.9 Å². The number of rotatable bonds is 13. The Morgan fingerprint density at radius 3 is 1.28 bits per heavy atom. The van der Waals surface area contributed by atoms with Crippen LogP contribution in [0.1, 0.15) is 32.6 Å². The lowest BCUT2D eigenvalue weighted by atomic mass is 10.4. The summed E-state index contributed by atoms with van der Waals surface area (Å²) in [6.07, 6.45) is 3.32. The zero-order valence-electron chi connectivity index (χ0n) is 11.1. The quantitative estimate of drug-likeness (QED) is 0.277. The van der Waals surface area contributed by atoms with E-state index in [1.807, 2.05) is 6.92 Å². The van der Waals surface area contributed by atoms with E-state index < -0.39 is 5.97 Å². The number of ether oxygens (including phenoxy) is 3. The first-order valence-corrected chi connectivity index (χ1v) is 8.39. The third kappa shape index (κ3) is 8.93. The van der Waals surface area contributed by atoms with Crippen LogP contribution in [0.5, 0.6) is 0 Å². The maximum atomic E-state index is 5.77. The fourth-order valence-electron chi connectivity index (χ4n) is 1.31. The Kier molecular flexibility index (Phi) is 13.6. The van der Waals surface area contributed by atoms with E-state index in [1.54, 1.807) is 0 Å². The molecule has 0 aromatic rings. The van der Waals surface area contributed by atoms with Crippen LogP contribution < -0.4 is 0 Å². The van der Waals surface area contributed by atoms with Crippen molar-refractivity contribution in [1.82, 2.24) is 0 Å². The molecule has 0 aliphatic rings. The number of hydrogen-bond donors (Lipinski definition) is 3. The third-order valence-electron chi connectivity index (χ3n) is 2.31. The van der Waals surface area contributed by atoms with Crippen molar-refractivity contribution in [2.45, 2.75) is 38.6 Å². The van der Waals surface area contributed by atoms with Gasteiger partial charge >= 0.3 is 0 Å². The van der Waals surface area contributed by atoms with Crippen LogP contribution in [0.2, 0.25) is 0 Å². The van der Waals surface area contributed by atoms with Crippen LogP contribution >= 0.6 is 37.9 Å². The molecule has 0 fully saturated rings. The van der Waals surface area contributed by atoms with Gasteiger partial charge in [-0.3, -0.25) is 0 Å². The molecule has 18 heavy (non-hydrogen) atoms. The second-order valence-corrected chi connectivity index (χ2v) is 5.16. The lowest BCUT2D eigenvalue weighted by Crippen LogP contribution is -2.40. The molecule has 110 valence electrons. The highest BCUT2D eigenvalue weighted by molar-refractivity contribution is 7.80. The van der Waals surface area contributed by atoms with Gasteiger partial charge in [-0.15, -0.1) is 0 Å². The Hall–Kier alpha value is 0.930. The lowest BCUT2D eigenvalue weighted by molar-refractivity contribution is -0.381. The highest BCUT2D eigenvalue weighted by Crippen LogP contribution is 2.21. The van der Waals surface area contributed by atoms with Gasteiger partial charge in [0.1, 0.15) is 0 Å². The molecule has 0 heterocycles. The van der Waals surface area contributed by atoms with Gasteiger partial charge in [-0.25, -0.2) is 0 Å². The SMILES string of the molecule is CCC(OCCCS)(OCCCS)OCCCS. The van der Waals surface area contributed by atoms with Crippen LogP contribution in [0.15, 0.2) is 0 Å². The van der Waals surface area contributed by atoms with Gasteiger partial charge < -0.3 is 14.2 Å². The molecule has 0 aliphatic carbocycles. The smallest absolute Gasteiger partial charge is 0.282 e. The molecule has 0 aromatic carbocycles. The van der Waals surface area contributed by atoms with E-state index in [-0.39, 0.29) is 0 Å². The first-order valence-electron chi connectivity index (χ1n) is 6.49. The Morgan fingerprint density at radius 2 is 1.06 bits per heavy atom. The van der Waals surface area contributed by atoms with Crippen molar-refractivity contribution in [1.29, 1.82) is 0 Å². The predicted molar refractivity (Wildman–Crippen MR) is 86.3 cm³/mol. The molecular weight excluding hydrogens is 288 g/mol. The van der Waals surface area contributed by atoms with E-state index >= 15 is 0 Å². The summed E-state index contributed by atoms with van der Waals surface area (Å²) in [7, 11) is 0. The second kappa shape index (κ2) is 12.9. The van der Waals surface area contributed by atoms with Gasteiger partial charge in [-0.2, -0.15) is 37.9 Å². The standard InChI is InChI=1S/C12H26O3S3/c1-2-12(13-6-3-9-16,14-7-4-10-17)15-8-5-11-18/h16-18H,2-11H2,1H3. The van der Waals surface area contributed by atoms with E-state index in [1.165, 1.54) is 0 Å². The first-order chi connectivity index (χ1) is 8.74. The Labute approximate surface area is 128 Å². The Bertz CT molecular complexity index is 155. The zero-order valence-corrected chi connectivity index (χ0v) is 13.8. The number of thiol groups is 3. The summed E-state index contributed by atoms with van der Waals surface area (Å²) in [4.78, 5) is 0. The largest absolute Gasteiger partial charge is 0.327 e. The molecule has 3 nitrogen and oxygen atoms in total. The van der Waals surface area contributed by atoms with Gasteiger partial charge in [-0.1, -0.05) is 6.92 Å². The second-order valence-electron chi connectivity index (χ2n) is 3.81. The van der Waals surface area contributed by atoms with Gasteiger partial charge in [0.25, 0.3) is 5.97 Å². The number of hydrogen-bond acceptors (Lipinski definition) is 6. The lowest BCUT2D eigenvalue weighted by Gasteiger charge is -2.32. The molecule has 0 radical (unpaired) electrons. The molecule has 0 saturated carbocycles. The molecule has 0 amide bonds. The van der Waals surface area contributed by atoms with Crippen LogP contribution in [0.25, 0.3) is 0 Å². The summed E-state index contributed by atoms with van der Waals surface area (Å²) in [6, 6.07) is 0. The minimum absolute atomic E-state index is 0.596. The van der Waals surface area contributed by atoms with Gasteiger partial charge in [0.2, 0.25) is 0 Å². The van der Waals surface area contributed by atoms with Gasteiger partial charge in [0, 0.05) is 6.42 Å². The van der Waals surface area contributed by atoms with E-state index in [9.17, 15) is 0 Å². The molecule has 0 unspecified atom stereocenters. The van der Waals surface area contributed by atoms with Crippen molar-refractivity contribution < 1.29 is 14.2 Å². The van der Waals surface area contributed by atoms with Crippen molar-refractivity contribution in [3.05, 3.63) is 0 Å². The molecule has 0 spiro atoms. The molecule has 6 heteroatoms. The van der Waals surface area contributed by atoms with E-state index in [2.05, 4.69) is 37.9 Å². The molecule has 0 N–H and O–H groups in total. The van der Waals surface area contributed by atoms with Gasteiger partial charge in [-0.05, 0) is 36.5 Å². The van der Waals surface area contributed by atoms with E-state index in [0.29, 0.717) is 26.2 Å². The van der Waals surface area contributed by atoms with E-state index in [4.69, 9.17) is 14.2 Å². The topological polar surface area (TPSA) is 27.7 Å². The normalized spacial score (nSPS) is 12.0. The summed E-state index contributed by atoms with van der Waals surface area (Å²) in [5.41, 5.74) is 0. The highest BCUT2D eigenvalue weighted by Gasteiger charge is 2.31. The molecule has 0 bridgehead atoms. The highest BCUT2D eigenvalue weighted by atomic mass is 32.1. The summed E-state index contributed by atoms with van der Waals surface area (Å²) in [5, 5.41) is 0.